The van der Waals surface area contributed by atoms with Gasteiger partial charge in [0.25, 0.3) is 0 Å². The number of halogens is 3. The van der Waals surface area contributed by atoms with Crippen LogP contribution in [0.4, 0.5) is 11.4 Å². The summed E-state index contributed by atoms with van der Waals surface area (Å²) in [4.78, 5) is 14.6. The fourth-order valence-electron chi connectivity index (χ4n) is 6.46. The smallest absolute Gasteiger partial charge is 0.239 e. The molecule has 6 aromatic carbocycles. The van der Waals surface area contributed by atoms with Gasteiger partial charge in [0.05, 0.1) is 5.69 Å². The van der Waals surface area contributed by atoms with Gasteiger partial charge < -0.3 is 34.6 Å². The lowest BCUT2D eigenvalue weighted by molar-refractivity contribution is -0.538. The molecule has 0 aliphatic rings. The van der Waals surface area contributed by atoms with E-state index in [9.17, 15) is 0 Å². The Balaban J connectivity index is 0.00000208. The molecule has 0 aliphatic carbocycles. The third kappa shape index (κ3) is 5.97. The van der Waals surface area contributed by atoms with Crippen LogP contribution in [0.15, 0.2) is 127 Å². The van der Waals surface area contributed by atoms with Crippen LogP contribution in [0.5, 0.6) is 0 Å². The molecule has 49 heavy (non-hydrogen) atoms. The van der Waals surface area contributed by atoms with Crippen LogP contribution in [0.3, 0.4) is 0 Å². The normalized spacial score (nSPS) is 11.0. The van der Waals surface area contributed by atoms with Gasteiger partial charge in [0.1, 0.15) is 22.1 Å². The molecule has 0 unspecified atom stereocenters. The fraction of sp³-hybridized carbons (Fsp3) is 0.100. The number of hydrogen-bond donors (Lipinski definition) is 0. The van der Waals surface area contributed by atoms with E-state index in [0.717, 1.165) is 78.0 Å². The second kappa shape index (κ2) is 13.5. The van der Waals surface area contributed by atoms with Gasteiger partial charge in [-0.25, -0.2) is 9.97 Å². The molecular weight excluding hydrogens is 671 g/mol. The van der Waals surface area contributed by atoms with Crippen molar-refractivity contribution in [1.82, 2.24) is 9.97 Å². The predicted molar refractivity (Wildman–Crippen MR) is 194 cm³/mol. The standard InChI is InChI=1S/C40H33ClN6.2ClH/c1-44(2)30-17-20-34-39(23-30)46(28-11-7-5-8-12-28)37-21-26(15-18-32(37)42-34)31-24-35-40(25-36(31)45(3)4)47(29-13-9-6-10-14-29)38-22-27(41)16-19-33(38)43-35;;/h5-25H,1-4H3;2*1H/q+2;;/p-2. The summed E-state index contributed by atoms with van der Waals surface area (Å²) in [6.07, 6.45) is 0. The largest absolute Gasteiger partial charge is 1.00 e. The highest BCUT2D eigenvalue weighted by Crippen LogP contribution is 2.35. The van der Waals surface area contributed by atoms with E-state index in [-0.39, 0.29) is 24.8 Å². The molecular formula is C40H33Cl3N6. The van der Waals surface area contributed by atoms with E-state index in [1.54, 1.807) is 0 Å². The van der Waals surface area contributed by atoms with Gasteiger partial charge in [0.2, 0.25) is 33.4 Å². The molecule has 8 aromatic rings. The topological polar surface area (TPSA) is 40.0 Å². The number of benzene rings is 6. The van der Waals surface area contributed by atoms with Crippen LogP contribution in [0.25, 0.3) is 66.6 Å². The highest BCUT2D eigenvalue weighted by molar-refractivity contribution is 6.31. The highest BCUT2D eigenvalue weighted by atomic mass is 35.5. The Bertz CT molecular complexity index is 2490. The van der Waals surface area contributed by atoms with Gasteiger partial charge >= 0.3 is 0 Å². The van der Waals surface area contributed by atoms with Crippen LogP contribution < -0.4 is 43.7 Å². The Morgan fingerprint density at radius 2 is 1.00 bits per heavy atom. The molecule has 9 heteroatoms. The quantitative estimate of drug-likeness (QED) is 0.204. The first kappa shape index (κ1) is 33.9. The summed E-state index contributed by atoms with van der Waals surface area (Å²) in [5.74, 6) is 0. The number of nitrogens with zero attached hydrogens (tertiary/aromatic N) is 6. The molecule has 0 saturated heterocycles. The van der Waals surface area contributed by atoms with Gasteiger partial charge in [0, 0.05) is 93.0 Å². The molecule has 0 spiro atoms. The number of rotatable bonds is 5. The Morgan fingerprint density at radius 1 is 0.490 bits per heavy atom. The van der Waals surface area contributed by atoms with Crippen molar-refractivity contribution in [3.05, 3.63) is 132 Å². The number of anilines is 2. The molecule has 2 aromatic heterocycles. The summed E-state index contributed by atoms with van der Waals surface area (Å²) >= 11 is 6.52. The van der Waals surface area contributed by atoms with Crippen molar-refractivity contribution < 1.29 is 33.9 Å². The fourth-order valence-corrected chi connectivity index (χ4v) is 6.63. The molecule has 6 nitrogen and oxygen atoms in total. The second-order valence-electron chi connectivity index (χ2n) is 12.2. The minimum Gasteiger partial charge on any atom is -1.00 e. The van der Waals surface area contributed by atoms with E-state index in [4.69, 9.17) is 21.6 Å². The van der Waals surface area contributed by atoms with E-state index in [1.165, 1.54) is 0 Å². The first-order valence-corrected chi connectivity index (χ1v) is 16.0. The Labute approximate surface area is 302 Å². The van der Waals surface area contributed by atoms with Crippen molar-refractivity contribution >= 4 is 67.1 Å². The lowest BCUT2D eigenvalue weighted by Crippen LogP contribution is -3.00. The zero-order chi connectivity index (χ0) is 32.2. The van der Waals surface area contributed by atoms with Gasteiger partial charge in [-0.3, -0.25) is 0 Å². The third-order valence-electron chi connectivity index (χ3n) is 8.75. The Kier molecular flexibility index (Phi) is 9.32. The SMILES string of the molecule is CN(C)c1ccc2nc3ccc(-c4cc5nc6ccc(Cl)cc6[n+](-c6ccccc6)c5cc4N(C)C)cc3[n+](-c3ccccc3)c2c1.[Cl-].[Cl-]. The maximum atomic E-state index is 6.52. The molecule has 244 valence electrons. The van der Waals surface area contributed by atoms with Gasteiger partial charge in [0.15, 0.2) is 0 Å². The van der Waals surface area contributed by atoms with Crippen molar-refractivity contribution in [2.24, 2.45) is 0 Å². The predicted octanol–water partition coefficient (Wildman–Crippen LogP) is 2.10. The van der Waals surface area contributed by atoms with Crippen LogP contribution in [0.1, 0.15) is 0 Å². The van der Waals surface area contributed by atoms with E-state index in [0.29, 0.717) is 5.02 Å². The molecule has 0 atom stereocenters. The maximum Gasteiger partial charge on any atom is 0.239 e. The van der Waals surface area contributed by atoms with Crippen molar-refractivity contribution in [3.63, 3.8) is 0 Å². The summed E-state index contributed by atoms with van der Waals surface area (Å²) in [6.45, 7) is 0. The van der Waals surface area contributed by atoms with E-state index in [1.807, 2.05) is 24.3 Å². The first-order chi connectivity index (χ1) is 22.9. The second-order valence-corrected chi connectivity index (χ2v) is 12.7. The molecule has 0 aliphatic heterocycles. The van der Waals surface area contributed by atoms with E-state index in [2.05, 4.69) is 150 Å². The lowest BCUT2D eigenvalue weighted by atomic mass is 10.00. The van der Waals surface area contributed by atoms with E-state index < -0.39 is 0 Å². The number of aromatic nitrogens is 4. The summed E-state index contributed by atoms with van der Waals surface area (Å²) in [5, 5.41) is 0.675. The van der Waals surface area contributed by atoms with Crippen LogP contribution in [-0.4, -0.2) is 38.2 Å². The minimum absolute atomic E-state index is 0. The van der Waals surface area contributed by atoms with Gasteiger partial charge in [-0.2, -0.15) is 0 Å². The van der Waals surface area contributed by atoms with Crippen LogP contribution in [-0.2, 0) is 0 Å². The molecule has 0 bridgehead atoms. The first-order valence-electron chi connectivity index (χ1n) is 15.6. The monoisotopic (exact) mass is 702 g/mol. The van der Waals surface area contributed by atoms with Crippen molar-refractivity contribution in [1.29, 1.82) is 0 Å². The number of para-hydroxylation sites is 2. The molecule has 0 amide bonds. The summed E-state index contributed by atoms with van der Waals surface area (Å²) in [7, 11) is 8.31. The van der Waals surface area contributed by atoms with E-state index >= 15 is 0 Å². The molecule has 8 rings (SSSR count). The zero-order valence-electron chi connectivity index (χ0n) is 27.4. The third-order valence-corrected chi connectivity index (χ3v) is 8.98. The van der Waals surface area contributed by atoms with Crippen LogP contribution in [0.2, 0.25) is 5.02 Å². The maximum absolute atomic E-state index is 6.52. The molecule has 0 saturated carbocycles. The molecule has 0 fully saturated rings. The minimum atomic E-state index is 0. The lowest BCUT2D eigenvalue weighted by Gasteiger charge is -2.19. The van der Waals surface area contributed by atoms with Crippen LogP contribution >= 0.6 is 11.6 Å². The molecule has 2 heterocycles. The Morgan fingerprint density at radius 3 is 1.59 bits per heavy atom. The average Bonchev–Trinajstić information content (AvgIpc) is 3.09. The van der Waals surface area contributed by atoms with Gasteiger partial charge in [-0.05, 0) is 42.0 Å². The van der Waals surface area contributed by atoms with Crippen molar-refractivity contribution in [2.75, 3.05) is 38.0 Å². The Hall–Kier alpha value is -5.01. The molecule has 0 radical (unpaired) electrons. The molecule has 0 N–H and O–H groups in total. The highest BCUT2D eigenvalue weighted by Gasteiger charge is 2.25. The summed E-state index contributed by atoms with van der Waals surface area (Å²) in [6, 6.07) is 44.3. The van der Waals surface area contributed by atoms with Gasteiger partial charge in [-0.15, -0.1) is 9.13 Å². The summed E-state index contributed by atoms with van der Waals surface area (Å²) < 4.78 is 4.58. The number of hydrogen-bond acceptors (Lipinski definition) is 4. The van der Waals surface area contributed by atoms with Crippen LogP contribution in [0, 0.1) is 0 Å². The van der Waals surface area contributed by atoms with Crippen molar-refractivity contribution in [3.8, 4) is 22.5 Å². The number of fused-ring (bicyclic) bond motifs is 4. The zero-order valence-corrected chi connectivity index (χ0v) is 29.7. The summed E-state index contributed by atoms with van der Waals surface area (Å²) in [5.41, 5.74) is 14.2. The average molecular weight is 704 g/mol. The van der Waals surface area contributed by atoms with Gasteiger partial charge in [-0.1, -0.05) is 54.1 Å². The van der Waals surface area contributed by atoms with Crippen molar-refractivity contribution in [2.45, 2.75) is 0 Å².